The molecule has 1 aromatic carbocycles. The number of carbonyl (C=O) groups is 1. The van der Waals surface area contributed by atoms with Crippen LogP contribution in [-0.2, 0) is 0 Å². The Bertz CT molecular complexity index is 982. The number of nitrogens with one attached hydrogen (secondary N) is 2. The molecule has 2 N–H and O–H groups in total. The molecule has 156 valence electrons. The second-order valence-electron chi connectivity index (χ2n) is 7.72. The van der Waals surface area contributed by atoms with Gasteiger partial charge in [0.2, 0.25) is 0 Å². The molecule has 0 aliphatic carbocycles. The minimum atomic E-state index is -0.144. The number of rotatable bonds is 6. The summed E-state index contributed by atoms with van der Waals surface area (Å²) in [6.45, 7) is 6.21. The van der Waals surface area contributed by atoms with Gasteiger partial charge in [-0.15, -0.1) is 11.3 Å². The first kappa shape index (κ1) is 20.5. The number of piperidine rings is 1. The Balaban J connectivity index is 1.32. The van der Waals surface area contributed by atoms with Gasteiger partial charge >= 0.3 is 0 Å². The Morgan fingerprint density at radius 2 is 2.07 bits per heavy atom. The van der Waals surface area contributed by atoms with Crippen LogP contribution in [0.1, 0.15) is 46.9 Å². The maximum atomic E-state index is 12.4. The van der Waals surface area contributed by atoms with Crippen LogP contribution in [0.3, 0.4) is 0 Å². The van der Waals surface area contributed by atoms with Gasteiger partial charge in [-0.1, -0.05) is 6.07 Å². The molecule has 4 rings (SSSR count). The lowest BCUT2D eigenvalue weighted by molar-refractivity contribution is 0.102. The molecule has 1 unspecified atom stereocenters. The topological polar surface area (TPSA) is 70.2 Å². The Morgan fingerprint density at radius 1 is 1.23 bits per heavy atom. The van der Waals surface area contributed by atoms with Gasteiger partial charge in [-0.2, -0.15) is 0 Å². The molecule has 1 saturated heterocycles. The Hall–Kier alpha value is -2.77. The van der Waals surface area contributed by atoms with Crippen molar-refractivity contribution >= 4 is 28.6 Å². The molecule has 6 nitrogen and oxygen atoms in total. The molecule has 0 radical (unpaired) electrons. The van der Waals surface area contributed by atoms with Gasteiger partial charge in [-0.25, -0.2) is 4.98 Å². The number of thiazole rings is 1. The first-order valence-corrected chi connectivity index (χ1v) is 11.2. The second kappa shape index (κ2) is 9.36. The zero-order valence-corrected chi connectivity index (χ0v) is 18.2. The van der Waals surface area contributed by atoms with Crippen LogP contribution in [0.5, 0.6) is 0 Å². The van der Waals surface area contributed by atoms with E-state index in [1.165, 1.54) is 0 Å². The summed E-state index contributed by atoms with van der Waals surface area (Å²) in [6.07, 6.45) is 5.40. The van der Waals surface area contributed by atoms with Crippen molar-refractivity contribution in [1.82, 2.24) is 15.3 Å². The number of benzene rings is 1. The highest BCUT2D eigenvalue weighted by Gasteiger charge is 2.22. The lowest BCUT2D eigenvalue weighted by Gasteiger charge is -2.35. The minimum Gasteiger partial charge on any atom is -0.371 e. The molecule has 1 aliphatic rings. The van der Waals surface area contributed by atoms with Crippen molar-refractivity contribution in [1.29, 1.82) is 0 Å². The highest BCUT2D eigenvalue weighted by Crippen LogP contribution is 2.25. The molecule has 2 aromatic heterocycles. The summed E-state index contributed by atoms with van der Waals surface area (Å²) >= 11 is 1.73. The number of hydrogen-bond acceptors (Lipinski definition) is 6. The molecule has 3 heterocycles. The van der Waals surface area contributed by atoms with Crippen LogP contribution in [0, 0.1) is 6.92 Å². The average molecular weight is 422 g/mol. The van der Waals surface area contributed by atoms with Crippen LogP contribution in [-0.4, -0.2) is 35.0 Å². The van der Waals surface area contributed by atoms with E-state index < -0.39 is 0 Å². The fourth-order valence-electron chi connectivity index (χ4n) is 3.78. The third-order valence-corrected chi connectivity index (χ3v) is 6.53. The monoisotopic (exact) mass is 421 g/mol. The number of carbonyl (C=O) groups excluding carboxylic acids is 1. The molecular weight excluding hydrogens is 394 g/mol. The molecule has 1 atom stereocenters. The van der Waals surface area contributed by atoms with E-state index in [-0.39, 0.29) is 11.9 Å². The first-order valence-electron chi connectivity index (χ1n) is 10.3. The fourth-order valence-corrected chi connectivity index (χ4v) is 4.59. The van der Waals surface area contributed by atoms with E-state index in [9.17, 15) is 4.79 Å². The van der Waals surface area contributed by atoms with Gasteiger partial charge in [0.05, 0.1) is 11.6 Å². The quantitative estimate of drug-likeness (QED) is 0.617. The highest BCUT2D eigenvalue weighted by molar-refractivity contribution is 7.09. The van der Waals surface area contributed by atoms with E-state index in [1.807, 2.05) is 25.1 Å². The van der Waals surface area contributed by atoms with Crippen molar-refractivity contribution < 1.29 is 4.79 Å². The summed E-state index contributed by atoms with van der Waals surface area (Å²) < 4.78 is 0. The van der Waals surface area contributed by atoms with Crippen molar-refractivity contribution in [3.63, 3.8) is 0 Å². The highest BCUT2D eigenvalue weighted by atomic mass is 32.1. The Kier molecular flexibility index (Phi) is 6.40. The summed E-state index contributed by atoms with van der Waals surface area (Å²) in [4.78, 5) is 23.4. The third-order valence-electron chi connectivity index (χ3n) is 5.38. The van der Waals surface area contributed by atoms with Crippen molar-refractivity contribution in [2.45, 2.75) is 38.8 Å². The van der Waals surface area contributed by atoms with Crippen molar-refractivity contribution in [2.75, 3.05) is 23.3 Å². The summed E-state index contributed by atoms with van der Waals surface area (Å²) in [5, 5.41) is 9.97. The van der Waals surface area contributed by atoms with E-state index in [1.54, 1.807) is 35.9 Å². The third kappa shape index (κ3) is 5.04. The zero-order valence-electron chi connectivity index (χ0n) is 17.3. The van der Waals surface area contributed by atoms with E-state index >= 15 is 0 Å². The maximum absolute atomic E-state index is 12.4. The van der Waals surface area contributed by atoms with Gasteiger partial charge in [0.25, 0.3) is 5.91 Å². The van der Waals surface area contributed by atoms with Crippen LogP contribution < -0.4 is 15.5 Å². The molecule has 7 heteroatoms. The van der Waals surface area contributed by atoms with Crippen LogP contribution in [0.2, 0.25) is 0 Å². The van der Waals surface area contributed by atoms with Crippen LogP contribution in [0.15, 0.2) is 54.2 Å². The molecule has 1 aliphatic heterocycles. The predicted molar refractivity (Wildman–Crippen MR) is 122 cm³/mol. The van der Waals surface area contributed by atoms with Gasteiger partial charge in [0, 0.05) is 54.0 Å². The van der Waals surface area contributed by atoms with Gasteiger partial charge in [-0.05, 0) is 57.0 Å². The molecule has 0 saturated carbocycles. The van der Waals surface area contributed by atoms with E-state index in [0.717, 1.165) is 48.0 Å². The number of aromatic nitrogens is 2. The molecule has 30 heavy (non-hydrogen) atoms. The summed E-state index contributed by atoms with van der Waals surface area (Å²) in [7, 11) is 0. The molecule has 0 bridgehead atoms. The first-order chi connectivity index (χ1) is 14.6. The van der Waals surface area contributed by atoms with Gasteiger partial charge in [0.15, 0.2) is 0 Å². The van der Waals surface area contributed by atoms with Crippen molar-refractivity contribution in [3.8, 4) is 0 Å². The van der Waals surface area contributed by atoms with E-state index in [4.69, 9.17) is 0 Å². The molecular formula is C23H27N5OS. The summed E-state index contributed by atoms with van der Waals surface area (Å²) in [5.74, 6) is -0.144. The van der Waals surface area contributed by atoms with Crippen LogP contribution in [0.25, 0.3) is 0 Å². The number of nitrogens with zero attached hydrogens (tertiary/aromatic N) is 3. The van der Waals surface area contributed by atoms with Gasteiger partial charge in [-0.3, -0.25) is 9.78 Å². The van der Waals surface area contributed by atoms with Crippen molar-refractivity contribution in [3.05, 3.63) is 70.4 Å². The average Bonchev–Trinajstić information content (AvgIpc) is 3.21. The number of aryl methyl sites for hydroxylation is 1. The zero-order chi connectivity index (χ0) is 20.9. The number of pyridine rings is 1. The van der Waals surface area contributed by atoms with Crippen molar-refractivity contribution in [2.24, 2.45) is 0 Å². The number of amides is 1. The lowest BCUT2D eigenvalue weighted by atomic mass is 10.0. The minimum absolute atomic E-state index is 0.144. The van der Waals surface area contributed by atoms with E-state index in [0.29, 0.717) is 11.6 Å². The number of anilines is 2. The van der Waals surface area contributed by atoms with Crippen LogP contribution in [0.4, 0.5) is 11.4 Å². The fraction of sp³-hybridized carbons (Fsp3) is 0.348. The predicted octanol–water partition coefficient (Wildman–Crippen LogP) is 4.42. The van der Waals surface area contributed by atoms with Gasteiger partial charge in [0.1, 0.15) is 5.01 Å². The molecule has 3 aromatic rings. The SMILES string of the molecule is Cc1csc(C(C)NC2CCN(c3cccc(NC(=O)c4cccnc4)c3)CC2)n1. The second-order valence-corrected chi connectivity index (χ2v) is 8.61. The maximum Gasteiger partial charge on any atom is 0.257 e. The lowest BCUT2D eigenvalue weighted by Crippen LogP contribution is -2.43. The Morgan fingerprint density at radius 3 is 2.77 bits per heavy atom. The summed E-state index contributed by atoms with van der Waals surface area (Å²) in [6, 6.07) is 12.4. The molecule has 1 fully saturated rings. The largest absolute Gasteiger partial charge is 0.371 e. The van der Waals surface area contributed by atoms with Gasteiger partial charge < -0.3 is 15.5 Å². The standard InChI is InChI=1S/C23H27N5OS/c1-16-15-30-23(25-16)17(2)26-19-8-11-28(12-9-19)21-7-3-6-20(13-21)27-22(29)18-5-4-10-24-14-18/h3-7,10,13-15,17,19,26H,8-9,11-12H2,1-2H3,(H,27,29). The smallest absolute Gasteiger partial charge is 0.257 e. The molecule has 1 amide bonds. The summed E-state index contributed by atoms with van der Waals surface area (Å²) in [5.41, 5.74) is 3.59. The molecule has 0 spiro atoms. The normalized spacial score (nSPS) is 15.7. The van der Waals surface area contributed by atoms with E-state index in [2.05, 4.69) is 43.9 Å². The van der Waals surface area contributed by atoms with Crippen LogP contribution >= 0.6 is 11.3 Å². The Labute approximate surface area is 181 Å². The number of hydrogen-bond donors (Lipinski definition) is 2.